The predicted molar refractivity (Wildman–Crippen MR) is 69.1 cm³/mol. The molecule has 0 aliphatic carbocycles. The van der Waals surface area contributed by atoms with E-state index >= 15 is 0 Å². The van der Waals surface area contributed by atoms with E-state index < -0.39 is 5.82 Å². The van der Waals surface area contributed by atoms with Crippen LogP contribution in [0.4, 0.5) is 10.1 Å². The molecule has 0 aromatic heterocycles. The average Bonchev–Trinajstić information content (AvgIpc) is 2.35. The first-order valence-electron chi connectivity index (χ1n) is 5.05. The largest absolute Gasteiger partial charge is 0.279 e. The molecule has 17 heavy (non-hydrogen) atoms. The van der Waals surface area contributed by atoms with Crippen LogP contribution in [0.5, 0.6) is 0 Å². The maximum Gasteiger partial charge on any atom is 0.141 e. The van der Waals surface area contributed by atoms with Crippen molar-refractivity contribution in [3.05, 3.63) is 64.9 Å². The van der Waals surface area contributed by atoms with Crippen molar-refractivity contribution in [1.29, 1.82) is 0 Å². The topological polar surface area (TPSA) is 24.4 Å². The van der Waals surface area contributed by atoms with Crippen molar-refractivity contribution in [2.45, 2.75) is 0 Å². The number of nitrogens with one attached hydrogen (secondary N) is 1. The summed E-state index contributed by atoms with van der Waals surface area (Å²) >= 11 is 5.65. The molecule has 0 radical (unpaired) electrons. The fourth-order valence-corrected chi connectivity index (χ4v) is 1.48. The summed E-state index contributed by atoms with van der Waals surface area (Å²) in [6.07, 6.45) is 1.58. The standard InChI is InChI=1S/C13H10ClFN2/c14-12-8-10(6-7-13(12)15)9-16-17-11-4-2-1-3-5-11/h1-9,17H. The molecule has 0 fully saturated rings. The second-order valence-corrected chi connectivity index (χ2v) is 3.82. The molecule has 86 valence electrons. The smallest absolute Gasteiger partial charge is 0.141 e. The number of hydrogen-bond donors (Lipinski definition) is 1. The number of hydrogen-bond acceptors (Lipinski definition) is 2. The molecular formula is C13H10ClFN2. The molecule has 0 heterocycles. The first kappa shape index (κ1) is 11.6. The van der Waals surface area contributed by atoms with Crippen LogP contribution in [-0.2, 0) is 0 Å². The van der Waals surface area contributed by atoms with Gasteiger partial charge in [0.25, 0.3) is 0 Å². The van der Waals surface area contributed by atoms with Gasteiger partial charge in [-0.25, -0.2) is 4.39 Å². The first-order chi connectivity index (χ1) is 8.25. The Morgan fingerprint density at radius 2 is 1.88 bits per heavy atom. The summed E-state index contributed by atoms with van der Waals surface area (Å²) in [6, 6.07) is 14.0. The van der Waals surface area contributed by atoms with Crippen LogP contribution >= 0.6 is 11.6 Å². The fourth-order valence-electron chi connectivity index (χ4n) is 1.29. The van der Waals surface area contributed by atoms with Crippen LogP contribution in [0.1, 0.15) is 5.56 Å². The molecule has 2 aromatic rings. The van der Waals surface area contributed by atoms with Crippen molar-refractivity contribution >= 4 is 23.5 Å². The molecule has 2 rings (SSSR count). The van der Waals surface area contributed by atoms with Gasteiger partial charge in [0.05, 0.1) is 16.9 Å². The Bertz CT molecular complexity index is 526. The van der Waals surface area contributed by atoms with Gasteiger partial charge in [-0.1, -0.05) is 35.9 Å². The molecule has 0 unspecified atom stereocenters. The van der Waals surface area contributed by atoms with Gasteiger partial charge in [0.1, 0.15) is 5.82 Å². The maximum atomic E-state index is 12.9. The van der Waals surface area contributed by atoms with E-state index in [0.29, 0.717) is 0 Å². The van der Waals surface area contributed by atoms with Crippen LogP contribution in [-0.4, -0.2) is 6.21 Å². The lowest BCUT2D eigenvalue weighted by Crippen LogP contribution is -1.90. The van der Waals surface area contributed by atoms with Gasteiger partial charge in [-0.3, -0.25) is 5.43 Å². The normalized spacial score (nSPS) is 10.7. The van der Waals surface area contributed by atoms with E-state index in [4.69, 9.17) is 11.6 Å². The third-order valence-electron chi connectivity index (χ3n) is 2.12. The highest BCUT2D eigenvalue weighted by molar-refractivity contribution is 6.31. The van der Waals surface area contributed by atoms with Crippen molar-refractivity contribution in [3.8, 4) is 0 Å². The average molecular weight is 249 g/mol. The third-order valence-corrected chi connectivity index (χ3v) is 2.41. The lowest BCUT2D eigenvalue weighted by atomic mass is 10.2. The quantitative estimate of drug-likeness (QED) is 0.646. The molecule has 2 nitrogen and oxygen atoms in total. The second-order valence-electron chi connectivity index (χ2n) is 3.41. The van der Waals surface area contributed by atoms with Crippen molar-refractivity contribution in [2.24, 2.45) is 5.10 Å². The Morgan fingerprint density at radius 3 is 2.59 bits per heavy atom. The highest BCUT2D eigenvalue weighted by Crippen LogP contribution is 2.14. The summed E-state index contributed by atoms with van der Waals surface area (Å²) in [6.45, 7) is 0. The summed E-state index contributed by atoms with van der Waals surface area (Å²) in [5.74, 6) is -0.431. The summed E-state index contributed by atoms with van der Waals surface area (Å²) in [5.41, 5.74) is 4.48. The Kier molecular flexibility index (Phi) is 3.73. The van der Waals surface area contributed by atoms with Gasteiger partial charge in [-0.15, -0.1) is 0 Å². The zero-order valence-corrected chi connectivity index (χ0v) is 9.66. The van der Waals surface area contributed by atoms with E-state index in [1.54, 1.807) is 12.3 Å². The van der Waals surface area contributed by atoms with Gasteiger partial charge in [0.2, 0.25) is 0 Å². The van der Waals surface area contributed by atoms with E-state index in [9.17, 15) is 4.39 Å². The number of hydrazone groups is 1. The molecule has 0 spiro atoms. The molecule has 0 aliphatic rings. The zero-order chi connectivity index (χ0) is 12.1. The summed E-state index contributed by atoms with van der Waals surface area (Å²) in [5, 5.41) is 4.12. The molecule has 2 aromatic carbocycles. The minimum Gasteiger partial charge on any atom is -0.279 e. The summed E-state index contributed by atoms with van der Waals surface area (Å²) in [4.78, 5) is 0. The SMILES string of the molecule is Fc1ccc(C=NNc2ccccc2)cc1Cl. The molecule has 0 aliphatic heterocycles. The van der Waals surface area contributed by atoms with Gasteiger partial charge < -0.3 is 0 Å². The Hall–Kier alpha value is -1.87. The van der Waals surface area contributed by atoms with E-state index in [1.165, 1.54) is 12.1 Å². The van der Waals surface area contributed by atoms with Gasteiger partial charge in [0.15, 0.2) is 0 Å². The van der Waals surface area contributed by atoms with E-state index in [1.807, 2.05) is 30.3 Å². The molecule has 0 bridgehead atoms. The molecule has 0 amide bonds. The lowest BCUT2D eigenvalue weighted by molar-refractivity contribution is 0.628. The van der Waals surface area contributed by atoms with E-state index in [-0.39, 0.29) is 5.02 Å². The zero-order valence-electron chi connectivity index (χ0n) is 8.90. The number of rotatable bonds is 3. The fraction of sp³-hybridized carbons (Fsp3) is 0. The minimum atomic E-state index is -0.431. The number of para-hydroxylation sites is 1. The number of anilines is 1. The van der Waals surface area contributed by atoms with Crippen LogP contribution in [0.2, 0.25) is 5.02 Å². The van der Waals surface area contributed by atoms with Crippen molar-refractivity contribution in [1.82, 2.24) is 0 Å². The molecule has 0 atom stereocenters. The Labute approximate surface area is 104 Å². The van der Waals surface area contributed by atoms with Crippen LogP contribution in [0.15, 0.2) is 53.6 Å². The molecule has 4 heteroatoms. The number of halogens is 2. The number of nitrogens with zero attached hydrogens (tertiary/aromatic N) is 1. The minimum absolute atomic E-state index is 0.0914. The molecular weight excluding hydrogens is 239 g/mol. The van der Waals surface area contributed by atoms with Crippen molar-refractivity contribution < 1.29 is 4.39 Å². The molecule has 0 saturated carbocycles. The summed E-state index contributed by atoms with van der Waals surface area (Å²) in [7, 11) is 0. The highest BCUT2D eigenvalue weighted by atomic mass is 35.5. The van der Waals surface area contributed by atoms with E-state index in [2.05, 4.69) is 10.5 Å². The molecule has 0 saturated heterocycles. The van der Waals surface area contributed by atoms with Crippen LogP contribution < -0.4 is 5.43 Å². The van der Waals surface area contributed by atoms with Gasteiger partial charge in [0, 0.05) is 0 Å². The molecule has 1 N–H and O–H groups in total. The lowest BCUT2D eigenvalue weighted by Gasteiger charge is -1.99. The van der Waals surface area contributed by atoms with Gasteiger partial charge >= 0.3 is 0 Å². The second kappa shape index (κ2) is 5.46. The van der Waals surface area contributed by atoms with E-state index in [0.717, 1.165) is 11.3 Å². The van der Waals surface area contributed by atoms with Crippen molar-refractivity contribution in [3.63, 3.8) is 0 Å². The maximum absolute atomic E-state index is 12.9. The van der Waals surface area contributed by atoms with Crippen LogP contribution in [0.25, 0.3) is 0 Å². The highest BCUT2D eigenvalue weighted by Gasteiger charge is 1.98. The predicted octanol–water partition coefficient (Wildman–Crippen LogP) is 3.93. The summed E-state index contributed by atoms with van der Waals surface area (Å²) < 4.78 is 12.9. The van der Waals surface area contributed by atoms with Crippen LogP contribution in [0.3, 0.4) is 0 Å². The Balaban J connectivity index is 2.03. The Morgan fingerprint density at radius 1 is 1.12 bits per heavy atom. The van der Waals surface area contributed by atoms with Gasteiger partial charge in [-0.05, 0) is 29.8 Å². The van der Waals surface area contributed by atoms with Gasteiger partial charge in [-0.2, -0.15) is 5.10 Å². The first-order valence-corrected chi connectivity index (χ1v) is 5.43. The van der Waals surface area contributed by atoms with Crippen molar-refractivity contribution in [2.75, 3.05) is 5.43 Å². The third kappa shape index (κ3) is 3.29. The van der Waals surface area contributed by atoms with Crippen LogP contribution in [0, 0.1) is 5.82 Å². The number of benzene rings is 2. The monoisotopic (exact) mass is 248 g/mol.